The Morgan fingerprint density at radius 1 is 1.55 bits per heavy atom. The largest absolute Gasteiger partial charge is 0.345 e. The summed E-state index contributed by atoms with van der Waals surface area (Å²) in [5, 5.41) is 3.10. The monoisotopic (exact) mass is 165 g/mol. The maximum absolute atomic E-state index is 11.7. The Hall–Kier alpha value is -0.220. The van der Waals surface area contributed by atoms with Crippen LogP contribution in [0.4, 0.5) is 8.78 Å². The Balaban J connectivity index is 2.22. The molecule has 1 fully saturated rings. The van der Waals surface area contributed by atoms with Gasteiger partial charge in [0.1, 0.15) is 0 Å². The highest BCUT2D eigenvalue weighted by Gasteiger charge is 2.23. The molecule has 0 aromatic heterocycles. The molecule has 0 aliphatic carbocycles. The third kappa shape index (κ3) is 2.71. The van der Waals surface area contributed by atoms with Crippen molar-refractivity contribution < 1.29 is 13.5 Å². The first kappa shape index (κ1) is 8.87. The zero-order valence-corrected chi connectivity index (χ0v) is 6.52. The highest BCUT2D eigenvalue weighted by Crippen LogP contribution is 2.17. The van der Waals surface area contributed by atoms with Crippen molar-refractivity contribution in [3.63, 3.8) is 0 Å². The molecule has 1 aliphatic rings. The molecular weight excluding hydrogens is 152 g/mol. The summed E-state index contributed by atoms with van der Waals surface area (Å²) < 4.78 is 27.8. The number of hydrogen-bond donors (Lipinski definition) is 1. The van der Waals surface area contributed by atoms with Crippen molar-refractivity contribution in [2.24, 2.45) is 5.92 Å². The Labute approximate surface area is 64.9 Å². The van der Waals surface area contributed by atoms with Crippen molar-refractivity contribution in [3.8, 4) is 0 Å². The smallest absolute Gasteiger partial charge is 0.320 e. The van der Waals surface area contributed by atoms with Gasteiger partial charge in [0.2, 0.25) is 0 Å². The summed E-state index contributed by atoms with van der Waals surface area (Å²) in [6, 6.07) is 0. The lowest BCUT2D eigenvalue weighted by molar-refractivity contribution is -0.169. The minimum atomic E-state index is -2.63. The van der Waals surface area contributed by atoms with Gasteiger partial charge in [-0.15, -0.1) is 0 Å². The minimum Gasteiger partial charge on any atom is -0.320 e. The summed E-state index contributed by atoms with van der Waals surface area (Å²) in [6.07, 6.45) is 0.610. The second-order valence-electron chi connectivity index (χ2n) is 2.85. The second kappa shape index (κ2) is 3.97. The summed E-state index contributed by atoms with van der Waals surface area (Å²) in [6.45, 7) is 0.782. The van der Waals surface area contributed by atoms with Crippen LogP contribution in [0.3, 0.4) is 0 Å². The van der Waals surface area contributed by atoms with Crippen LogP contribution in [0, 0.1) is 5.92 Å². The van der Waals surface area contributed by atoms with Gasteiger partial charge in [-0.1, -0.05) is 0 Å². The Kier molecular flexibility index (Phi) is 3.20. The van der Waals surface area contributed by atoms with E-state index in [-0.39, 0.29) is 12.0 Å². The van der Waals surface area contributed by atoms with Crippen LogP contribution in [0.15, 0.2) is 0 Å². The topological polar surface area (TPSA) is 21.3 Å². The van der Waals surface area contributed by atoms with Gasteiger partial charge in [0, 0.05) is 6.54 Å². The van der Waals surface area contributed by atoms with Crippen LogP contribution >= 0.6 is 0 Å². The van der Waals surface area contributed by atoms with Crippen LogP contribution in [-0.4, -0.2) is 25.8 Å². The molecule has 2 unspecified atom stereocenters. The molecule has 0 aromatic carbocycles. The third-order valence-corrected chi connectivity index (χ3v) is 2.08. The average molecular weight is 165 g/mol. The van der Waals surface area contributed by atoms with Gasteiger partial charge in [-0.25, -0.2) is 0 Å². The number of hydrogen-bond acceptors (Lipinski definition) is 2. The first-order chi connectivity index (χ1) is 5.20. The molecule has 0 spiro atoms. The molecule has 0 bridgehead atoms. The maximum Gasteiger partial charge on any atom is 0.345 e. The van der Waals surface area contributed by atoms with E-state index >= 15 is 0 Å². The quantitative estimate of drug-likeness (QED) is 0.679. The first-order valence-corrected chi connectivity index (χ1v) is 3.84. The van der Waals surface area contributed by atoms with Gasteiger partial charge >= 0.3 is 6.61 Å². The summed E-state index contributed by atoms with van der Waals surface area (Å²) in [5.41, 5.74) is 0. The van der Waals surface area contributed by atoms with Gasteiger partial charge in [-0.05, 0) is 25.8 Å². The maximum atomic E-state index is 11.7. The van der Waals surface area contributed by atoms with Gasteiger partial charge in [-0.3, -0.25) is 0 Å². The SMILES string of the molecule is CC(OC(F)F)C1CCNC1. The van der Waals surface area contributed by atoms with Crippen LogP contribution in [0.1, 0.15) is 13.3 Å². The molecule has 0 radical (unpaired) electrons. The summed E-state index contributed by atoms with van der Waals surface area (Å²) in [5.74, 6) is 0.254. The predicted molar refractivity (Wildman–Crippen MR) is 37.5 cm³/mol. The van der Waals surface area contributed by atoms with Gasteiger partial charge in [-0.2, -0.15) is 8.78 Å². The van der Waals surface area contributed by atoms with E-state index < -0.39 is 6.61 Å². The molecule has 1 rings (SSSR count). The van der Waals surface area contributed by atoms with Crippen LogP contribution in [-0.2, 0) is 4.74 Å². The van der Waals surface area contributed by atoms with Crippen molar-refractivity contribution in [1.29, 1.82) is 0 Å². The molecule has 4 heteroatoms. The lowest BCUT2D eigenvalue weighted by Crippen LogP contribution is -2.24. The second-order valence-corrected chi connectivity index (χ2v) is 2.85. The Morgan fingerprint density at radius 2 is 2.27 bits per heavy atom. The molecule has 2 atom stereocenters. The molecule has 1 saturated heterocycles. The fourth-order valence-electron chi connectivity index (χ4n) is 1.35. The van der Waals surface area contributed by atoms with Gasteiger partial charge < -0.3 is 10.1 Å². The molecule has 0 aromatic rings. The number of halogens is 2. The number of nitrogens with one attached hydrogen (secondary N) is 1. The standard InChI is InChI=1S/C7H13F2NO/c1-5(11-7(8)9)6-2-3-10-4-6/h5-7,10H,2-4H2,1H3. The molecule has 1 heterocycles. The van der Waals surface area contributed by atoms with Crippen molar-refractivity contribution in [2.75, 3.05) is 13.1 Å². The third-order valence-electron chi connectivity index (χ3n) is 2.08. The van der Waals surface area contributed by atoms with E-state index in [0.717, 1.165) is 19.5 Å². The summed E-state index contributed by atoms with van der Waals surface area (Å²) in [4.78, 5) is 0. The van der Waals surface area contributed by atoms with Crippen molar-refractivity contribution in [3.05, 3.63) is 0 Å². The van der Waals surface area contributed by atoms with Gasteiger partial charge in [0.25, 0.3) is 0 Å². The summed E-state index contributed by atoms with van der Waals surface area (Å²) >= 11 is 0. The van der Waals surface area contributed by atoms with Crippen LogP contribution < -0.4 is 5.32 Å². The van der Waals surface area contributed by atoms with E-state index in [9.17, 15) is 8.78 Å². The van der Waals surface area contributed by atoms with Crippen molar-refractivity contribution in [1.82, 2.24) is 5.32 Å². The fraction of sp³-hybridized carbons (Fsp3) is 1.00. The van der Waals surface area contributed by atoms with E-state index in [1.807, 2.05) is 0 Å². The lowest BCUT2D eigenvalue weighted by Gasteiger charge is -2.17. The molecule has 0 amide bonds. The minimum absolute atomic E-state index is 0.254. The molecule has 0 saturated carbocycles. The normalized spacial score (nSPS) is 27.8. The van der Waals surface area contributed by atoms with Crippen LogP contribution in [0.2, 0.25) is 0 Å². The molecule has 2 nitrogen and oxygen atoms in total. The average Bonchev–Trinajstić information content (AvgIpc) is 2.35. The number of rotatable bonds is 3. The van der Waals surface area contributed by atoms with E-state index in [4.69, 9.17) is 0 Å². The number of alkyl halides is 2. The lowest BCUT2D eigenvalue weighted by atomic mass is 10.0. The highest BCUT2D eigenvalue weighted by atomic mass is 19.3. The van der Waals surface area contributed by atoms with Crippen LogP contribution in [0.5, 0.6) is 0 Å². The van der Waals surface area contributed by atoms with E-state index in [2.05, 4.69) is 10.1 Å². The Morgan fingerprint density at radius 3 is 2.73 bits per heavy atom. The van der Waals surface area contributed by atoms with Crippen LogP contribution in [0.25, 0.3) is 0 Å². The molecule has 66 valence electrons. The Bertz CT molecular complexity index is 115. The van der Waals surface area contributed by atoms with Crippen molar-refractivity contribution in [2.45, 2.75) is 26.1 Å². The summed E-state index contributed by atoms with van der Waals surface area (Å²) in [7, 11) is 0. The number of ether oxygens (including phenoxy) is 1. The zero-order valence-electron chi connectivity index (χ0n) is 6.52. The molecular formula is C7H13F2NO. The first-order valence-electron chi connectivity index (χ1n) is 3.84. The molecule has 11 heavy (non-hydrogen) atoms. The van der Waals surface area contributed by atoms with Gasteiger partial charge in [0.15, 0.2) is 0 Å². The molecule has 1 aliphatic heterocycles. The van der Waals surface area contributed by atoms with E-state index in [0.29, 0.717) is 0 Å². The van der Waals surface area contributed by atoms with Crippen molar-refractivity contribution >= 4 is 0 Å². The van der Waals surface area contributed by atoms with Gasteiger partial charge in [0.05, 0.1) is 6.10 Å². The van der Waals surface area contributed by atoms with E-state index in [1.165, 1.54) is 0 Å². The fourth-order valence-corrected chi connectivity index (χ4v) is 1.35. The predicted octanol–water partition coefficient (Wildman–Crippen LogP) is 1.22. The highest BCUT2D eigenvalue weighted by molar-refractivity contribution is 4.75. The molecule has 1 N–H and O–H groups in total. The van der Waals surface area contributed by atoms with E-state index in [1.54, 1.807) is 6.92 Å². The zero-order chi connectivity index (χ0) is 8.27.